The van der Waals surface area contributed by atoms with Crippen LogP contribution in [0.1, 0.15) is 44.0 Å². The van der Waals surface area contributed by atoms with E-state index in [1.165, 1.54) is 13.1 Å². The second-order valence-electron chi connectivity index (χ2n) is 4.66. The van der Waals surface area contributed by atoms with Crippen LogP contribution in [-0.2, 0) is 9.53 Å². The molecule has 1 rings (SSSR count). The fourth-order valence-corrected chi connectivity index (χ4v) is 1.84. The minimum absolute atomic E-state index is 0.0158. The van der Waals surface area contributed by atoms with Gasteiger partial charge in [0, 0.05) is 18.2 Å². The van der Waals surface area contributed by atoms with Crippen LogP contribution in [0, 0.1) is 0 Å². The number of carbonyl (C=O) groups excluding carboxylic acids is 2. The highest BCUT2D eigenvalue weighted by Gasteiger charge is 2.14. The number of carbonyl (C=O) groups is 2. The summed E-state index contributed by atoms with van der Waals surface area (Å²) >= 11 is 0. The molecule has 0 atom stereocenters. The Labute approximate surface area is 130 Å². The monoisotopic (exact) mass is 303 g/mol. The Hall–Kier alpha value is -2.43. The van der Waals surface area contributed by atoms with Crippen molar-refractivity contribution < 1.29 is 19.4 Å². The lowest BCUT2D eigenvalue weighted by atomic mass is 10.1. The summed E-state index contributed by atoms with van der Waals surface area (Å²) in [6.07, 6.45) is 2.30. The van der Waals surface area contributed by atoms with Crippen molar-refractivity contribution in [2.45, 2.75) is 33.6 Å². The molecule has 5 nitrogen and oxygen atoms in total. The molecule has 5 heteroatoms. The number of Topliss-reactive ketones (excluding diaryl/α,β-unsaturated/α-hetero) is 1. The largest absolute Gasteiger partial charge is 0.511 e. The predicted molar refractivity (Wildman–Crippen MR) is 85.8 cm³/mol. The van der Waals surface area contributed by atoms with Gasteiger partial charge in [0.1, 0.15) is 11.3 Å². The Bertz CT molecular complexity index is 602. The first-order valence-electron chi connectivity index (χ1n) is 7.24. The smallest absolute Gasteiger partial charge is 0.343 e. The highest BCUT2D eigenvalue weighted by atomic mass is 16.5. The van der Waals surface area contributed by atoms with Crippen LogP contribution in [0.2, 0.25) is 0 Å². The molecule has 0 radical (unpaired) electrons. The summed E-state index contributed by atoms with van der Waals surface area (Å²) in [5.41, 5.74) is 0.917. The lowest BCUT2D eigenvalue weighted by molar-refractivity contribution is -0.138. The average Bonchev–Trinajstić information content (AvgIpc) is 2.48. The van der Waals surface area contributed by atoms with E-state index in [9.17, 15) is 14.7 Å². The van der Waals surface area contributed by atoms with E-state index in [-0.39, 0.29) is 23.7 Å². The SMILES string of the molecule is CCCC(O)=C(C=Nc1ccccc1C(C)=O)C(=O)OCC. The van der Waals surface area contributed by atoms with Crippen LogP contribution in [0.15, 0.2) is 40.6 Å². The van der Waals surface area contributed by atoms with E-state index in [2.05, 4.69) is 4.99 Å². The van der Waals surface area contributed by atoms with E-state index in [1.807, 2.05) is 6.92 Å². The molecule has 22 heavy (non-hydrogen) atoms. The molecule has 0 heterocycles. The van der Waals surface area contributed by atoms with Gasteiger partial charge in [-0.2, -0.15) is 0 Å². The zero-order chi connectivity index (χ0) is 16.5. The van der Waals surface area contributed by atoms with Crippen LogP contribution in [0.25, 0.3) is 0 Å². The van der Waals surface area contributed by atoms with E-state index in [0.29, 0.717) is 24.1 Å². The first-order valence-corrected chi connectivity index (χ1v) is 7.24. The number of aliphatic hydroxyl groups excluding tert-OH is 1. The summed E-state index contributed by atoms with van der Waals surface area (Å²) in [6, 6.07) is 6.83. The number of esters is 1. The van der Waals surface area contributed by atoms with Gasteiger partial charge in [0.25, 0.3) is 0 Å². The van der Waals surface area contributed by atoms with Gasteiger partial charge in [0.2, 0.25) is 0 Å². The highest BCUT2D eigenvalue weighted by molar-refractivity contribution is 6.11. The van der Waals surface area contributed by atoms with Crippen molar-refractivity contribution in [3.63, 3.8) is 0 Å². The Balaban J connectivity index is 3.17. The molecule has 0 spiro atoms. The predicted octanol–water partition coefficient (Wildman–Crippen LogP) is 3.77. The average molecular weight is 303 g/mol. The van der Waals surface area contributed by atoms with Crippen molar-refractivity contribution in [3.8, 4) is 0 Å². The molecule has 0 saturated heterocycles. The summed E-state index contributed by atoms with van der Waals surface area (Å²) in [4.78, 5) is 27.6. The number of aliphatic hydroxyl groups is 1. The zero-order valence-electron chi connectivity index (χ0n) is 13.1. The van der Waals surface area contributed by atoms with E-state index >= 15 is 0 Å². The maximum absolute atomic E-state index is 11.9. The molecular weight excluding hydrogens is 282 g/mol. The molecule has 1 N–H and O–H groups in total. The second kappa shape index (κ2) is 8.77. The highest BCUT2D eigenvalue weighted by Crippen LogP contribution is 2.19. The summed E-state index contributed by atoms with van der Waals surface area (Å²) in [7, 11) is 0. The Morgan fingerprint density at radius 3 is 2.55 bits per heavy atom. The molecule has 0 unspecified atom stereocenters. The number of allylic oxidation sites excluding steroid dienone is 1. The van der Waals surface area contributed by atoms with Gasteiger partial charge >= 0.3 is 5.97 Å². The third-order valence-corrected chi connectivity index (χ3v) is 2.91. The fraction of sp³-hybridized carbons (Fsp3) is 0.353. The quantitative estimate of drug-likeness (QED) is 0.273. The molecule has 0 aliphatic carbocycles. The minimum Gasteiger partial charge on any atom is -0.511 e. The molecule has 1 aromatic carbocycles. The fourth-order valence-electron chi connectivity index (χ4n) is 1.84. The topological polar surface area (TPSA) is 76.0 Å². The van der Waals surface area contributed by atoms with Crippen LogP contribution < -0.4 is 0 Å². The molecule has 0 aromatic heterocycles. The van der Waals surface area contributed by atoms with Crippen molar-refractivity contribution in [2.24, 2.45) is 4.99 Å². The number of aliphatic imine (C=N–C) groups is 1. The summed E-state index contributed by atoms with van der Waals surface area (Å²) in [6.45, 7) is 5.24. The summed E-state index contributed by atoms with van der Waals surface area (Å²) < 4.78 is 4.92. The first kappa shape index (κ1) is 17.6. The molecular formula is C17H21NO4. The number of hydrogen-bond donors (Lipinski definition) is 1. The number of para-hydroxylation sites is 1. The Morgan fingerprint density at radius 1 is 1.27 bits per heavy atom. The van der Waals surface area contributed by atoms with E-state index < -0.39 is 5.97 Å². The van der Waals surface area contributed by atoms with Crippen molar-refractivity contribution in [3.05, 3.63) is 41.2 Å². The number of ether oxygens (including phenoxy) is 1. The number of benzene rings is 1. The molecule has 0 amide bonds. The maximum Gasteiger partial charge on any atom is 0.343 e. The molecule has 0 saturated carbocycles. The van der Waals surface area contributed by atoms with Crippen molar-refractivity contribution in [1.29, 1.82) is 0 Å². The van der Waals surface area contributed by atoms with Crippen LogP contribution >= 0.6 is 0 Å². The van der Waals surface area contributed by atoms with Crippen LogP contribution in [-0.4, -0.2) is 29.7 Å². The number of hydrogen-bond acceptors (Lipinski definition) is 5. The van der Waals surface area contributed by atoms with Gasteiger partial charge in [-0.3, -0.25) is 9.79 Å². The van der Waals surface area contributed by atoms with Gasteiger partial charge in [-0.15, -0.1) is 0 Å². The third kappa shape index (κ3) is 4.84. The number of nitrogens with zero attached hydrogens (tertiary/aromatic N) is 1. The Kier molecular flexibility index (Phi) is 7.02. The van der Waals surface area contributed by atoms with Crippen molar-refractivity contribution >= 4 is 23.7 Å². The number of ketones is 1. The molecule has 0 aliphatic rings. The van der Waals surface area contributed by atoms with Crippen LogP contribution in [0.5, 0.6) is 0 Å². The number of rotatable bonds is 7. The lowest BCUT2D eigenvalue weighted by Gasteiger charge is -2.06. The minimum atomic E-state index is -0.627. The standard InChI is InChI=1S/C17H21NO4/c1-4-8-16(20)14(17(21)22-5-2)11-18-15-10-7-6-9-13(15)12(3)19/h6-7,9-11,20H,4-5,8H2,1-3H3. The molecule has 118 valence electrons. The normalized spacial score (nSPS) is 12.1. The molecule has 0 bridgehead atoms. The van der Waals surface area contributed by atoms with E-state index in [0.717, 1.165) is 0 Å². The van der Waals surface area contributed by atoms with Crippen LogP contribution in [0.3, 0.4) is 0 Å². The van der Waals surface area contributed by atoms with Crippen LogP contribution in [0.4, 0.5) is 5.69 Å². The molecule has 1 aromatic rings. The van der Waals surface area contributed by atoms with Gasteiger partial charge in [-0.05, 0) is 32.4 Å². The van der Waals surface area contributed by atoms with Crippen molar-refractivity contribution in [2.75, 3.05) is 6.61 Å². The molecule has 0 fully saturated rings. The Morgan fingerprint density at radius 2 is 1.95 bits per heavy atom. The second-order valence-corrected chi connectivity index (χ2v) is 4.66. The van der Waals surface area contributed by atoms with Gasteiger partial charge in [-0.1, -0.05) is 19.1 Å². The molecule has 0 aliphatic heterocycles. The maximum atomic E-state index is 11.9. The first-order chi connectivity index (χ1) is 10.5. The van der Waals surface area contributed by atoms with Gasteiger partial charge in [0.05, 0.1) is 12.3 Å². The summed E-state index contributed by atoms with van der Waals surface area (Å²) in [5, 5.41) is 9.98. The summed E-state index contributed by atoms with van der Waals surface area (Å²) in [5.74, 6) is -0.810. The van der Waals surface area contributed by atoms with E-state index in [1.54, 1.807) is 31.2 Å². The van der Waals surface area contributed by atoms with Gasteiger partial charge in [-0.25, -0.2) is 4.79 Å². The zero-order valence-corrected chi connectivity index (χ0v) is 13.1. The third-order valence-electron chi connectivity index (χ3n) is 2.91. The van der Waals surface area contributed by atoms with E-state index in [4.69, 9.17) is 4.74 Å². The van der Waals surface area contributed by atoms with Crippen molar-refractivity contribution in [1.82, 2.24) is 0 Å². The van der Waals surface area contributed by atoms with Gasteiger partial charge < -0.3 is 9.84 Å². The lowest BCUT2D eigenvalue weighted by Crippen LogP contribution is -2.11. The van der Waals surface area contributed by atoms with Gasteiger partial charge in [0.15, 0.2) is 5.78 Å².